The van der Waals surface area contributed by atoms with Crippen molar-refractivity contribution in [2.24, 2.45) is 5.92 Å². The zero-order valence-electron chi connectivity index (χ0n) is 11.6. The molecule has 2 atom stereocenters. The molecule has 0 heterocycles. The molecule has 110 valence electrons. The number of rotatable bonds is 6. The average molecular weight is 300 g/mol. The van der Waals surface area contributed by atoms with Crippen LogP contribution in [0, 0.1) is 16.0 Å². The fourth-order valence-corrected chi connectivity index (χ4v) is 2.06. The van der Waals surface area contributed by atoms with E-state index in [1.54, 1.807) is 7.05 Å². The molecular weight excluding hydrogens is 282 g/mol. The first-order valence-corrected chi connectivity index (χ1v) is 6.70. The van der Waals surface area contributed by atoms with Crippen molar-refractivity contribution in [1.29, 1.82) is 0 Å². The lowest BCUT2D eigenvalue weighted by Gasteiger charge is -2.21. The van der Waals surface area contributed by atoms with Gasteiger partial charge in [0, 0.05) is 12.1 Å². The average Bonchev–Trinajstić information content (AvgIpc) is 2.41. The van der Waals surface area contributed by atoms with Gasteiger partial charge in [-0.3, -0.25) is 14.9 Å². The highest BCUT2D eigenvalue weighted by molar-refractivity contribution is 6.34. The van der Waals surface area contributed by atoms with E-state index in [1.165, 1.54) is 18.2 Å². The fraction of sp³-hybridized carbons (Fsp3) is 0.462. The fourth-order valence-electron chi connectivity index (χ4n) is 1.84. The van der Waals surface area contributed by atoms with E-state index in [2.05, 4.69) is 10.6 Å². The number of non-ortho nitro benzene ring substituents is 1. The Morgan fingerprint density at radius 1 is 1.50 bits per heavy atom. The van der Waals surface area contributed by atoms with E-state index in [1.807, 2.05) is 13.8 Å². The number of carbonyl (C=O) groups excluding carboxylic acids is 1. The summed E-state index contributed by atoms with van der Waals surface area (Å²) < 4.78 is 0. The minimum atomic E-state index is -0.535. The highest BCUT2D eigenvalue weighted by atomic mass is 35.5. The molecule has 0 aliphatic heterocycles. The normalized spacial score (nSPS) is 13.6. The molecule has 20 heavy (non-hydrogen) atoms. The molecule has 2 unspecified atom stereocenters. The summed E-state index contributed by atoms with van der Waals surface area (Å²) in [5.41, 5.74) is 0.255. The number of nitrogens with one attached hydrogen (secondary N) is 2. The Labute approximate surface area is 122 Å². The summed E-state index contributed by atoms with van der Waals surface area (Å²) in [6, 6.07) is 3.61. The Balaban J connectivity index is 2.87. The van der Waals surface area contributed by atoms with Gasteiger partial charge in [0.15, 0.2) is 0 Å². The maximum atomic E-state index is 12.1. The van der Waals surface area contributed by atoms with Crippen LogP contribution in [0.1, 0.15) is 20.3 Å². The molecule has 0 fully saturated rings. The van der Waals surface area contributed by atoms with Crippen LogP contribution in [0.5, 0.6) is 0 Å². The van der Waals surface area contributed by atoms with Crippen molar-refractivity contribution in [3.05, 3.63) is 33.3 Å². The number of amides is 1. The number of nitro benzene ring substituents is 1. The Morgan fingerprint density at radius 3 is 2.60 bits per heavy atom. The van der Waals surface area contributed by atoms with E-state index in [9.17, 15) is 14.9 Å². The first-order chi connectivity index (χ1) is 9.40. The summed E-state index contributed by atoms with van der Waals surface area (Å²) in [6.07, 6.45) is 0.854. The zero-order chi connectivity index (χ0) is 15.3. The maximum Gasteiger partial charge on any atom is 0.271 e. The van der Waals surface area contributed by atoms with Crippen molar-refractivity contribution >= 4 is 28.9 Å². The summed E-state index contributed by atoms with van der Waals surface area (Å²) in [4.78, 5) is 22.2. The molecule has 7 heteroatoms. The van der Waals surface area contributed by atoms with Crippen LogP contribution in [0.2, 0.25) is 5.02 Å². The molecule has 1 aromatic carbocycles. The van der Waals surface area contributed by atoms with E-state index in [4.69, 9.17) is 11.6 Å². The van der Waals surface area contributed by atoms with E-state index in [-0.39, 0.29) is 28.6 Å². The molecule has 1 aromatic rings. The number of hydrogen-bond acceptors (Lipinski definition) is 4. The van der Waals surface area contributed by atoms with Gasteiger partial charge in [-0.15, -0.1) is 0 Å². The summed E-state index contributed by atoms with van der Waals surface area (Å²) >= 11 is 5.94. The van der Waals surface area contributed by atoms with Crippen LogP contribution in [-0.2, 0) is 4.79 Å². The predicted octanol–water partition coefficient (Wildman–Crippen LogP) is 2.82. The maximum absolute atomic E-state index is 12.1. The largest absolute Gasteiger partial charge is 0.323 e. The van der Waals surface area contributed by atoms with E-state index < -0.39 is 4.92 Å². The molecule has 0 bridgehead atoms. The van der Waals surface area contributed by atoms with Gasteiger partial charge in [-0.2, -0.15) is 0 Å². The lowest BCUT2D eigenvalue weighted by Crippen LogP contribution is -2.43. The SMILES string of the molecule is CCC(C)C(NC)C(=O)Nc1ccc([N+](=O)[O-])cc1Cl. The van der Waals surface area contributed by atoms with Crippen LogP contribution < -0.4 is 10.6 Å². The monoisotopic (exact) mass is 299 g/mol. The molecule has 0 aromatic heterocycles. The Kier molecular flexibility index (Phi) is 5.91. The van der Waals surface area contributed by atoms with E-state index in [0.717, 1.165) is 6.42 Å². The molecule has 0 aliphatic rings. The van der Waals surface area contributed by atoms with Gasteiger partial charge in [0.25, 0.3) is 5.69 Å². The van der Waals surface area contributed by atoms with Gasteiger partial charge in [-0.05, 0) is 19.0 Å². The number of anilines is 1. The molecular formula is C13H18ClN3O3. The number of likely N-dealkylation sites (N-methyl/N-ethyl adjacent to an activating group) is 1. The minimum absolute atomic E-state index is 0.111. The van der Waals surface area contributed by atoms with Crippen LogP contribution in [0.3, 0.4) is 0 Å². The molecule has 0 spiro atoms. The van der Waals surface area contributed by atoms with Crippen molar-refractivity contribution < 1.29 is 9.72 Å². The van der Waals surface area contributed by atoms with Gasteiger partial charge < -0.3 is 10.6 Å². The second kappa shape index (κ2) is 7.21. The molecule has 6 nitrogen and oxygen atoms in total. The van der Waals surface area contributed by atoms with Gasteiger partial charge in [-0.1, -0.05) is 31.9 Å². The lowest BCUT2D eigenvalue weighted by atomic mass is 9.98. The van der Waals surface area contributed by atoms with Crippen molar-refractivity contribution in [2.75, 3.05) is 12.4 Å². The van der Waals surface area contributed by atoms with Gasteiger partial charge >= 0.3 is 0 Å². The van der Waals surface area contributed by atoms with Crippen molar-refractivity contribution in [1.82, 2.24) is 5.32 Å². The third-order valence-corrected chi connectivity index (χ3v) is 3.54. The summed E-state index contributed by atoms with van der Waals surface area (Å²) in [5.74, 6) is -0.0468. The van der Waals surface area contributed by atoms with Crippen molar-refractivity contribution in [3.63, 3.8) is 0 Å². The first-order valence-electron chi connectivity index (χ1n) is 6.32. The standard InChI is InChI=1S/C13H18ClN3O3/c1-4-8(2)12(15-3)13(18)16-11-6-5-9(17(19)20)7-10(11)14/h5-8,12,15H,4H2,1-3H3,(H,16,18). The summed E-state index contributed by atoms with van der Waals surface area (Å²) in [5, 5.41) is 16.4. The number of carbonyl (C=O) groups is 1. The molecule has 1 rings (SSSR count). The highest BCUT2D eigenvalue weighted by Crippen LogP contribution is 2.27. The summed E-state index contributed by atoms with van der Waals surface area (Å²) in [7, 11) is 1.72. The van der Waals surface area contributed by atoms with Crippen LogP contribution >= 0.6 is 11.6 Å². The molecule has 0 radical (unpaired) electrons. The number of nitro groups is 1. The van der Waals surface area contributed by atoms with Gasteiger partial charge in [0.1, 0.15) is 0 Å². The number of nitrogens with zero attached hydrogens (tertiary/aromatic N) is 1. The molecule has 1 amide bonds. The number of benzene rings is 1. The van der Waals surface area contributed by atoms with Crippen LogP contribution in [0.4, 0.5) is 11.4 Å². The number of halogens is 1. The Morgan fingerprint density at radius 2 is 2.15 bits per heavy atom. The minimum Gasteiger partial charge on any atom is -0.323 e. The second-order valence-corrected chi connectivity index (χ2v) is 4.97. The molecule has 0 saturated carbocycles. The zero-order valence-corrected chi connectivity index (χ0v) is 12.4. The topological polar surface area (TPSA) is 84.3 Å². The molecule has 0 saturated heterocycles. The highest BCUT2D eigenvalue weighted by Gasteiger charge is 2.23. The van der Waals surface area contributed by atoms with E-state index >= 15 is 0 Å². The third kappa shape index (κ3) is 3.91. The van der Waals surface area contributed by atoms with Crippen LogP contribution in [0.15, 0.2) is 18.2 Å². The van der Waals surface area contributed by atoms with Crippen LogP contribution in [0.25, 0.3) is 0 Å². The van der Waals surface area contributed by atoms with Gasteiger partial charge in [0.2, 0.25) is 5.91 Å². The smallest absolute Gasteiger partial charge is 0.271 e. The van der Waals surface area contributed by atoms with E-state index in [0.29, 0.717) is 5.69 Å². The third-order valence-electron chi connectivity index (χ3n) is 3.23. The molecule has 2 N–H and O–H groups in total. The second-order valence-electron chi connectivity index (χ2n) is 4.56. The first kappa shape index (κ1) is 16.4. The van der Waals surface area contributed by atoms with Crippen molar-refractivity contribution in [3.8, 4) is 0 Å². The summed E-state index contributed by atoms with van der Waals surface area (Å²) in [6.45, 7) is 3.97. The Bertz CT molecular complexity index is 508. The predicted molar refractivity (Wildman–Crippen MR) is 79.0 cm³/mol. The Hall–Kier alpha value is -1.66. The lowest BCUT2D eigenvalue weighted by molar-refractivity contribution is -0.384. The molecule has 0 aliphatic carbocycles. The van der Waals surface area contributed by atoms with Gasteiger partial charge in [-0.25, -0.2) is 0 Å². The van der Waals surface area contributed by atoms with Gasteiger partial charge in [0.05, 0.1) is 21.7 Å². The number of hydrogen-bond donors (Lipinski definition) is 2. The quantitative estimate of drug-likeness (QED) is 0.625. The van der Waals surface area contributed by atoms with Crippen molar-refractivity contribution in [2.45, 2.75) is 26.3 Å². The van der Waals surface area contributed by atoms with Crippen LogP contribution in [-0.4, -0.2) is 23.9 Å².